The van der Waals surface area contributed by atoms with Crippen molar-refractivity contribution in [3.63, 3.8) is 0 Å². The lowest BCUT2D eigenvalue weighted by atomic mass is 9.83. The molecule has 1 aromatic carbocycles. The van der Waals surface area contributed by atoms with E-state index in [2.05, 4.69) is 10.2 Å². The lowest BCUT2D eigenvalue weighted by Crippen LogP contribution is -2.52. The minimum absolute atomic E-state index is 0.200. The van der Waals surface area contributed by atoms with Gasteiger partial charge in [0.05, 0.1) is 12.2 Å². The van der Waals surface area contributed by atoms with Gasteiger partial charge in [0.1, 0.15) is 5.82 Å². The number of halogens is 4. The van der Waals surface area contributed by atoms with Crippen LogP contribution in [0.4, 0.5) is 22.4 Å². The molecule has 186 valence electrons. The van der Waals surface area contributed by atoms with Crippen molar-refractivity contribution in [2.75, 3.05) is 44.3 Å². The minimum atomic E-state index is -4.78. The molecule has 2 aliphatic heterocycles. The van der Waals surface area contributed by atoms with Crippen LogP contribution in [0.25, 0.3) is 0 Å². The summed E-state index contributed by atoms with van der Waals surface area (Å²) >= 11 is 0. The van der Waals surface area contributed by atoms with Gasteiger partial charge in [0.25, 0.3) is 0 Å². The Balaban J connectivity index is 1.60. The Kier molecular flexibility index (Phi) is 7.15. The highest BCUT2D eigenvalue weighted by atomic mass is 32.2. The van der Waals surface area contributed by atoms with Crippen molar-refractivity contribution < 1.29 is 31.3 Å². The first-order chi connectivity index (χ1) is 16.2. The van der Waals surface area contributed by atoms with Crippen molar-refractivity contribution in [3.8, 4) is 5.88 Å². The third kappa shape index (κ3) is 5.37. The van der Waals surface area contributed by atoms with Crippen LogP contribution in [0, 0.1) is 5.82 Å². The summed E-state index contributed by atoms with van der Waals surface area (Å²) in [7, 11) is -0.941. The van der Waals surface area contributed by atoms with Crippen LogP contribution >= 0.6 is 0 Å². The molecular weight excluding hydrogens is 476 g/mol. The molecule has 34 heavy (non-hydrogen) atoms. The molecule has 2 amide bonds. The topological polar surface area (TPSA) is 78.5 Å². The SMILES string of the molecule is CCOc1cc(C2CC(c3ccc(C(F)(F)F)c(F)c3)CN(C(=O)N3CCS(=O)CC3)C2)[nH]n1. The van der Waals surface area contributed by atoms with E-state index in [4.69, 9.17) is 4.74 Å². The first-order valence-corrected chi connectivity index (χ1v) is 12.6. The first-order valence-electron chi connectivity index (χ1n) is 11.1. The van der Waals surface area contributed by atoms with Crippen LogP contribution in [0.2, 0.25) is 0 Å². The highest BCUT2D eigenvalue weighted by molar-refractivity contribution is 7.85. The Morgan fingerprint density at radius 3 is 2.53 bits per heavy atom. The molecule has 0 bridgehead atoms. The van der Waals surface area contributed by atoms with Gasteiger partial charge < -0.3 is 14.5 Å². The Morgan fingerprint density at radius 2 is 1.88 bits per heavy atom. The summed E-state index contributed by atoms with van der Waals surface area (Å²) in [6.07, 6.45) is -4.29. The zero-order valence-electron chi connectivity index (χ0n) is 18.6. The molecule has 1 N–H and O–H groups in total. The van der Waals surface area contributed by atoms with Crippen molar-refractivity contribution in [2.24, 2.45) is 0 Å². The molecule has 3 heterocycles. The maximum atomic E-state index is 14.3. The second-order valence-electron chi connectivity index (χ2n) is 8.48. The number of urea groups is 1. The van der Waals surface area contributed by atoms with Crippen molar-refractivity contribution in [1.29, 1.82) is 0 Å². The second-order valence-corrected chi connectivity index (χ2v) is 10.2. The molecule has 0 radical (unpaired) electrons. The van der Waals surface area contributed by atoms with E-state index in [1.165, 1.54) is 6.07 Å². The van der Waals surface area contributed by atoms with Crippen molar-refractivity contribution >= 4 is 16.8 Å². The van der Waals surface area contributed by atoms with Gasteiger partial charge in [-0.3, -0.25) is 9.31 Å². The summed E-state index contributed by atoms with van der Waals surface area (Å²) < 4.78 is 70.5. The fourth-order valence-corrected chi connectivity index (χ4v) is 5.57. The van der Waals surface area contributed by atoms with E-state index in [9.17, 15) is 26.6 Å². The van der Waals surface area contributed by atoms with Crippen LogP contribution in [0.5, 0.6) is 5.88 Å². The van der Waals surface area contributed by atoms with Gasteiger partial charge in [0.2, 0.25) is 5.88 Å². The summed E-state index contributed by atoms with van der Waals surface area (Å²) in [5.41, 5.74) is -0.178. The zero-order valence-corrected chi connectivity index (χ0v) is 19.4. The van der Waals surface area contributed by atoms with Gasteiger partial charge in [-0.25, -0.2) is 9.18 Å². The number of nitrogens with one attached hydrogen (secondary N) is 1. The number of ether oxygens (including phenoxy) is 1. The number of carbonyl (C=O) groups excluding carboxylic acids is 1. The Labute approximate surface area is 196 Å². The number of likely N-dealkylation sites (tertiary alicyclic amines) is 1. The molecule has 0 aliphatic carbocycles. The van der Waals surface area contributed by atoms with Crippen LogP contribution in [-0.2, 0) is 17.0 Å². The van der Waals surface area contributed by atoms with Crippen molar-refractivity contribution in [3.05, 3.63) is 46.9 Å². The number of alkyl halides is 3. The highest BCUT2D eigenvalue weighted by Crippen LogP contribution is 2.38. The lowest BCUT2D eigenvalue weighted by molar-refractivity contribution is -0.140. The fraction of sp³-hybridized carbons (Fsp3) is 0.545. The Bertz CT molecular complexity index is 1050. The number of H-pyrrole nitrogens is 1. The molecule has 2 saturated heterocycles. The average molecular weight is 503 g/mol. The molecule has 2 atom stereocenters. The molecule has 4 rings (SSSR count). The quantitative estimate of drug-likeness (QED) is 0.647. The monoisotopic (exact) mass is 502 g/mol. The average Bonchev–Trinajstić information content (AvgIpc) is 3.27. The molecule has 7 nitrogen and oxygen atoms in total. The number of piperidine rings is 1. The van der Waals surface area contributed by atoms with Crippen molar-refractivity contribution in [2.45, 2.75) is 31.4 Å². The van der Waals surface area contributed by atoms with Gasteiger partial charge in [-0.2, -0.15) is 13.2 Å². The minimum Gasteiger partial charge on any atom is -0.477 e. The van der Waals surface area contributed by atoms with Gasteiger partial charge in [-0.05, 0) is 31.0 Å². The largest absolute Gasteiger partial charge is 0.477 e. The predicted molar refractivity (Wildman–Crippen MR) is 118 cm³/mol. The molecular formula is C22H26F4N4O3S. The normalized spacial score (nSPS) is 22.1. The third-order valence-electron chi connectivity index (χ3n) is 6.25. The Morgan fingerprint density at radius 1 is 1.18 bits per heavy atom. The lowest BCUT2D eigenvalue weighted by Gasteiger charge is -2.40. The van der Waals surface area contributed by atoms with E-state index in [1.54, 1.807) is 15.9 Å². The second kappa shape index (κ2) is 9.93. The number of aromatic nitrogens is 2. The maximum absolute atomic E-state index is 14.3. The van der Waals surface area contributed by atoms with Crippen LogP contribution in [0.1, 0.15) is 42.0 Å². The number of carbonyl (C=O) groups is 1. The number of nitrogens with zero attached hydrogens (tertiary/aromatic N) is 3. The maximum Gasteiger partial charge on any atom is 0.419 e. The van der Waals surface area contributed by atoms with E-state index in [0.717, 1.165) is 17.8 Å². The summed E-state index contributed by atoms with van der Waals surface area (Å²) in [4.78, 5) is 16.5. The number of rotatable bonds is 4. The zero-order chi connectivity index (χ0) is 24.5. The summed E-state index contributed by atoms with van der Waals surface area (Å²) in [5.74, 6) is -0.671. The van der Waals surface area contributed by atoms with Gasteiger partial charge in [-0.1, -0.05) is 6.07 Å². The van der Waals surface area contributed by atoms with Crippen LogP contribution in [0.15, 0.2) is 24.3 Å². The molecule has 2 aromatic rings. The number of hydrogen-bond donors (Lipinski definition) is 1. The molecule has 0 spiro atoms. The standard InChI is InChI=1S/C22H26F4N4O3S/c1-2-33-20-11-19(27-28-20)16-9-15(14-3-4-17(18(23)10-14)22(24,25)26)12-30(13-16)21(31)29-5-7-34(32)8-6-29/h3-4,10-11,15-16H,2,5-9,12-13H2,1H3,(H,27,28). The molecule has 12 heteroatoms. The molecule has 2 aliphatic rings. The smallest absolute Gasteiger partial charge is 0.419 e. The van der Waals surface area contributed by atoms with Gasteiger partial charge in [-0.15, -0.1) is 5.10 Å². The van der Waals surface area contributed by atoms with Crippen LogP contribution in [0.3, 0.4) is 0 Å². The fourth-order valence-electron chi connectivity index (χ4n) is 4.51. The first kappa shape index (κ1) is 24.5. The van der Waals surface area contributed by atoms with E-state index in [0.29, 0.717) is 55.6 Å². The number of benzene rings is 1. The molecule has 0 saturated carbocycles. The van der Waals surface area contributed by atoms with Crippen LogP contribution in [-0.4, -0.2) is 74.5 Å². The van der Waals surface area contributed by atoms with E-state index >= 15 is 0 Å². The van der Waals surface area contributed by atoms with Gasteiger partial charge in [0, 0.05) is 72.1 Å². The molecule has 2 unspecified atom stereocenters. The van der Waals surface area contributed by atoms with Gasteiger partial charge >= 0.3 is 12.2 Å². The summed E-state index contributed by atoms with van der Waals surface area (Å²) in [6.45, 7) is 3.63. The number of aromatic amines is 1. The number of amides is 2. The Hall–Kier alpha value is -2.63. The van der Waals surface area contributed by atoms with E-state index < -0.39 is 28.4 Å². The van der Waals surface area contributed by atoms with E-state index in [-0.39, 0.29) is 24.4 Å². The predicted octanol–water partition coefficient (Wildman–Crippen LogP) is 3.72. The van der Waals surface area contributed by atoms with Crippen LogP contribution < -0.4 is 4.74 Å². The summed E-state index contributed by atoms with van der Waals surface area (Å²) in [6, 6.07) is 4.48. The molecule has 1 aromatic heterocycles. The van der Waals surface area contributed by atoms with Gasteiger partial charge in [0.15, 0.2) is 0 Å². The molecule has 2 fully saturated rings. The van der Waals surface area contributed by atoms with E-state index in [1.807, 2.05) is 6.92 Å². The number of hydrogen-bond acceptors (Lipinski definition) is 4. The third-order valence-corrected chi connectivity index (χ3v) is 7.52. The van der Waals surface area contributed by atoms with Crippen molar-refractivity contribution in [1.82, 2.24) is 20.0 Å². The highest BCUT2D eigenvalue weighted by Gasteiger charge is 2.37. The summed E-state index contributed by atoms with van der Waals surface area (Å²) in [5, 5.41) is 7.05.